The van der Waals surface area contributed by atoms with Crippen LogP contribution in [0.1, 0.15) is 84.6 Å². The molecule has 0 fully saturated rings. The Kier molecular flexibility index (Phi) is 7.87. The second-order valence-electron chi connectivity index (χ2n) is 19.6. The third-order valence-electron chi connectivity index (χ3n) is 12.5. The number of hydrogen-bond acceptors (Lipinski definition) is 4. The van der Waals surface area contributed by atoms with Crippen molar-refractivity contribution in [1.29, 1.82) is 0 Å². The Morgan fingerprint density at radius 3 is 1.84 bits per heavy atom. The van der Waals surface area contributed by atoms with E-state index in [9.17, 15) is 0 Å². The van der Waals surface area contributed by atoms with Crippen LogP contribution in [0.3, 0.4) is 0 Å². The van der Waals surface area contributed by atoms with E-state index in [1.807, 2.05) is 6.26 Å². The average molecular weight is 759 g/mol. The number of hydrogen-bond donors (Lipinski definition) is 0. The highest BCUT2D eigenvalue weighted by Gasteiger charge is 2.47. The largest absolute Gasteiger partial charge is 0.468 e. The summed E-state index contributed by atoms with van der Waals surface area (Å²) in [5.41, 5.74) is 19.3. The van der Waals surface area contributed by atoms with Crippen LogP contribution in [0.4, 0.5) is 34.1 Å². The first-order chi connectivity index (χ1) is 27.6. The van der Waals surface area contributed by atoms with Gasteiger partial charge in [0.05, 0.1) is 22.7 Å². The van der Waals surface area contributed by atoms with E-state index in [0.29, 0.717) is 0 Å². The molecule has 6 aromatic carbocycles. The number of rotatable bonds is 3. The van der Waals surface area contributed by atoms with Crippen LogP contribution >= 0.6 is 0 Å². The van der Waals surface area contributed by atoms with Gasteiger partial charge in [-0.25, -0.2) is 0 Å². The van der Waals surface area contributed by atoms with Gasteiger partial charge in [0.2, 0.25) is 0 Å². The van der Waals surface area contributed by atoms with Crippen molar-refractivity contribution in [2.24, 2.45) is 0 Å². The molecule has 0 amide bonds. The van der Waals surface area contributed by atoms with Gasteiger partial charge in [-0.15, -0.1) is 0 Å². The summed E-state index contributed by atoms with van der Waals surface area (Å²) in [4.78, 5) is 4.94. The molecule has 0 bridgehead atoms. The minimum Gasteiger partial charge on any atom is -0.468 e. The Labute approximate surface area is 343 Å². The van der Waals surface area contributed by atoms with Crippen LogP contribution in [0.5, 0.6) is 0 Å². The van der Waals surface area contributed by atoms with Gasteiger partial charge in [-0.3, -0.25) is 0 Å². The van der Waals surface area contributed by atoms with Crippen molar-refractivity contribution in [2.45, 2.75) is 85.5 Å². The SMILES string of the molecule is Cc1ccc2occ(N3c4cccc5c4B(c4cc(C(C)(C)C)ccc4N5c4ccccc4-c4ccc(C(C)(C)C)cc4)c4oc5ccc(C(C)(C)C)cc5c43)c2c1. The zero-order valence-electron chi connectivity index (χ0n) is 35.4. The lowest BCUT2D eigenvalue weighted by atomic mass is 9.35. The quantitative estimate of drug-likeness (QED) is 0.168. The fourth-order valence-corrected chi connectivity index (χ4v) is 9.23. The molecule has 0 unspecified atom stereocenters. The fourth-order valence-electron chi connectivity index (χ4n) is 9.23. The summed E-state index contributed by atoms with van der Waals surface area (Å²) >= 11 is 0. The molecule has 2 aromatic heterocycles. The number of fused-ring (bicyclic) bond motifs is 7. The summed E-state index contributed by atoms with van der Waals surface area (Å²) in [6.45, 7) is 22.6. The summed E-state index contributed by atoms with van der Waals surface area (Å²) in [5.74, 6) is 0. The molecule has 10 rings (SSSR count). The highest BCUT2D eigenvalue weighted by molar-refractivity contribution is 7.00. The molecule has 0 saturated heterocycles. The van der Waals surface area contributed by atoms with Crippen molar-refractivity contribution in [1.82, 2.24) is 0 Å². The van der Waals surface area contributed by atoms with Crippen LogP contribution in [0, 0.1) is 6.92 Å². The molecular formula is C53H51BN2O2. The Balaban J connectivity index is 1.30. The van der Waals surface area contributed by atoms with Gasteiger partial charge in [0.15, 0.2) is 0 Å². The lowest BCUT2D eigenvalue weighted by molar-refractivity contribution is 0.590. The molecule has 58 heavy (non-hydrogen) atoms. The molecule has 0 aliphatic carbocycles. The summed E-state index contributed by atoms with van der Waals surface area (Å²) in [5, 5.41) is 2.19. The van der Waals surface area contributed by atoms with E-state index in [1.54, 1.807) is 0 Å². The molecule has 0 atom stereocenters. The van der Waals surface area contributed by atoms with Crippen LogP contribution in [0.25, 0.3) is 33.1 Å². The molecule has 2 aliphatic heterocycles. The number of anilines is 6. The maximum absolute atomic E-state index is 7.24. The van der Waals surface area contributed by atoms with Gasteiger partial charge in [0, 0.05) is 33.4 Å². The average Bonchev–Trinajstić information content (AvgIpc) is 3.78. The predicted octanol–water partition coefficient (Wildman–Crippen LogP) is 13.1. The third-order valence-corrected chi connectivity index (χ3v) is 12.5. The predicted molar refractivity (Wildman–Crippen MR) is 246 cm³/mol. The van der Waals surface area contributed by atoms with Gasteiger partial charge in [-0.05, 0) is 105 Å². The number of aryl methyl sites for hydroxylation is 1. The van der Waals surface area contributed by atoms with Crippen LogP contribution in [0.15, 0.2) is 136 Å². The van der Waals surface area contributed by atoms with Crippen molar-refractivity contribution in [3.63, 3.8) is 0 Å². The van der Waals surface area contributed by atoms with E-state index >= 15 is 0 Å². The summed E-state index contributed by atoms with van der Waals surface area (Å²) in [6.07, 6.45) is 1.93. The number of benzene rings is 6. The zero-order chi connectivity index (χ0) is 40.5. The van der Waals surface area contributed by atoms with Gasteiger partial charge in [-0.2, -0.15) is 0 Å². The molecule has 5 heteroatoms. The molecule has 8 aromatic rings. The van der Waals surface area contributed by atoms with E-state index in [4.69, 9.17) is 8.83 Å². The van der Waals surface area contributed by atoms with Crippen molar-refractivity contribution >= 4 is 79.4 Å². The lowest BCUT2D eigenvalue weighted by Gasteiger charge is -2.43. The molecule has 0 radical (unpaired) electrons. The second kappa shape index (κ2) is 12.5. The lowest BCUT2D eigenvalue weighted by Crippen LogP contribution is -2.61. The molecule has 2 aliphatic rings. The summed E-state index contributed by atoms with van der Waals surface area (Å²) in [7, 11) is 0. The van der Waals surface area contributed by atoms with Gasteiger partial charge in [0.25, 0.3) is 6.71 Å². The molecule has 0 spiro atoms. The minimum absolute atomic E-state index is 0.0393. The standard InChI is InChI=1S/C53H51BN2O2/c1-32-18-26-46-38(28-32)45(31-57-46)56-44-17-13-16-43-48(44)54(50-49(56)39-29-35(52(5,6)7)24-27-47(39)58-50)40-30-36(53(8,9)10)23-25-42(40)55(43)41-15-12-11-14-37(41)33-19-21-34(22-20-33)51(2,3)4/h11-31H,1-10H3. The Bertz CT molecular complexity index is 2930. The zero-order valence-corrected chi connectivity index (χ0v) is 35.4. The van der Waals surface area contributed by atoms with Crippen molar-refractivity contribution in [3.05, 3.63) is 150 Å². The van der Waals surface area contributed by atoms with Crippen LogP contribution in [0.2, 0.25) is 0 Å². The Morgan fingerprint density at radius 1 is 0.500 bits per heavy atom. The molecule has 0 N–H and O–H groups in total. The normalized spacial score (nSPS) is 13.9. The van der Waals surface area contributed by atoms with Crippen molar-refractivity contribution < 1.29 is 8.83 Å². The van der Waals surface area contributed by atoms with Crippen LogP contribution < -0.4 is 26.4 Å². The first-order valence-electron chi connectivity index (χ1n) is 20.7. The van der Waals surface area contributed by atoms with Crippen molar-refractivity contribution in [2.75, 3.05) is 9.80 Å². The smallest absolute Gasteiger partial charge is 0.297 e. The van der Waals surface area contributed by atoms with E-state index < -0.39 is 0 Å². The maximum atomic E-state index is 7.24. The first kappa shape index (κ1) is 36.4. The molecule has 4 heterocycles. The fraction of sp³-hybridized carbons (Fsp3) is 0.245. The number of nitrogens with zero attached hydrogens (tertiary/aromatic N) is 2. The highest BCUT2D eigenvalue weighted by Crippen LogP contribution is 2.50. The molecule has 0 saturated carbocycles. The molecule has 288 valence electrons. The van der Waals surface area contributed by atoms with Gasteiger partial charge in [0.1, 0.15) is 17.4 Å². The topological polar surface area (TPSA) is 32.8 Å². The summed E-state index contributed by atoms with van der Waals surface area (Å²) < 4.78 is 13.6. The van der Waals surface area contributed by atoms with E-state index in [1.165, 1.54) is 50.0 Å². The summed E-state index contributed by atoms with van der Waals surface area (Å²) in [6, 6.07) is 45.2. The highest BCUT2D eigenvalue weighted by atomic mass is 16.3. The van der Waals surface area contributed by atoms with E-state index in [-0.39, 0.29) is 23.0 Å². The van der Waals surface area contributed by atoms with Crippen LogP contribution in [-0.4, -0.2) is 6.71 Å². The van der Waals surface area contributed by atoms with Crippen LogP contribution in [-0.2, 0) is 16.2 Å². The first-order valence-corrected chi connectivity index (χ1v) is 20.7. The van der Waals surface area contributed by atoms with Crippen molar-refractivity contribution in [3.8, 4) is 11.1 Å². The Hall–Kier alpha value is -5.94. The Morgan fingerprint density at radius 2 is 1.12 bits per heavy atom. The maximum Gasteiger partial charge on any atom is 0.297 e. The molecule has 4 nitrogen and oxygen atoms in total. The monoisotopic (exact) mass is 758 g/mol. The van der Waals surface area contributed by atoms with Gasteiger partial charge in [-0.1, -0.05) is 141 Å². The van der Waals surface area contributed by atoms with Gasteiger partial charge < -0.3 is 18.6 Å². The number of furan rings is 2. The van der Waals surface area contributed by atoms with E-state index in [2.05, 4.69) is 200 Å². The number of para-hydroxylation sites is 1. The second-order valence-corrected chi connectivity index (χ2v) is 19.6. The molecular weight excluding hydrogens is 707 g/mol. The van der Waals surface area contributed by atoms with E-state index in [0.717, 1.165) is 56.0 Å². The minimum atomic E-state index is -0.144. The van der Waals surface area contributed by atoms with Gasteiger partial charge >= 0.3 is 0 Å². The third kappa shape index (κ3) is 5.57.